The quantitative estimate of drug-likeness (QED) is 0.775. The van der Waals surface area contributed by atoms with Crippen molar-refractivity contribution in [3.63, 3.8) is 0 Å². The molecule has 0 aromatic heterocycles. The molecule has 1 aromatic rings. The van der Waals surface area contributed by atoms with Crippen molar-refractivity contribution in [2.75, 3.05) is 19.8 Å². The van der Waals surface area contributed by atoms with Gasteiger partial charge in [-0.05, 0) is 17.7 Å². The number of hydrogen-bond acceptors (Lipinski definition) is 2. The van der Waals surface area contributed by atoms with Gasteiger partial charge in [-0.2, -0.15) is 0 Å². The van der Waals surface area contributed by atoms with Gasteiger partial charge in [0.25, 0.3) is 0 Å². The SMILES string of the molecule is Fc1ccc([C@@H]2COCCN2)cc1Cl. The monoisotopic (exact) mass is 215 g/mol. The summed E-state index contributed by atoms with van der Waals surface area (Å²) in [6, 6.07) is 4.88. The molecule has 0 spiro atoms. The van der Waals surface area contributed by atoms with Crippen molar-refractivity contribution in [2.45, 2.75) is 6.04 Å². The van der Waals surface area contributed by atoms with Crippen LogP contribution >= 0.6 is 11.6 Å². The average molecular weight is 216 g/mol. The van der Waals surface area contributed by atoms with Gasteiger partial charge in [0.1, 0.15) is 5.82 Å². The number of ether oxygens (including phenoxy) is 1. The van der Waals surface area contributed by atoms with Gasteiger partial charge in [0, 0.05) is 6.54 Å². The maximum absolute atomic E-state index is 12.9. The smallest absolute Gasteiger partial charge is 0.141 e. The molecule has 2 rings (SSSR count). The van der Waals surface area contributed by atoms with Gasteiger partial charge in [0.05, 0.1) is 24.3 Å². The molecule has 1 aromatic carbocycles. The normalized spacial score (nSPS) is 22.3. The van der Waals surface area contributed by atoms with E-state index in [1.54, 1.807) is 12.1 Å². The van der Waals surface area contributed by atoms with Crippen LogP contribution in [0.2, 0.25) is 5.02 Å². The summed E-state index contributed by atoms with van der Waals surface area (Å²) in [4.78, 5) is 0. The second-order valence-electron chi connectivity index (χ2n) is 3.26. The first-order chi connectivity index (χ1) is 6.77. The van der Waals surface area contributed by atoms with Crippen LogP contribution in [-0.4, -0.2) is 19.8 Å². The highest BCUT2D eigenvalue weighted by molar-refractivity contribution is 6.30. The van der Waals surface area contributed by atoms with E-state index in [2.05, 4.69) is 5.32 Å². The van der Waals surface area contributed by atoms with E-state index in [1.165, 1.54) is 6.07 Å². The Morgan fingerprint density at radius 1 is 1.50 bits per heavy atom. The Morgan fingerprint density at radius 2 is 2.36 bits per heavy atom. The van der Waals surface area contributed by atoms with Crippen molar-refractivity contribution in [3.05, 3.63) is 34.6 Å². The minimum absolute atomic E-state index is 0.127. The molecule has 76 valence electrons. The van der Waals surface area contributed by atoms with E-state index in [1.807, 2.05) is 0 Å². The van der Waals surface area contributed by atoms with Gasteiger partial charge in [-0.15, -0.1) is 0 Å². The summed E-state index contributed by atoms with van der Waals surface area (Å²) in [7, 11) is 0. The highest BCUT2D eigenvalue weighted by atomic mass is 35.5. The van der Waals surface area contributed by atoms with Crippen molar-refractivity contribution in [3.8, 4) is 0 Å². The molecule has 0 bridgehead atoms. The molecule has 0 saturated carbocycles. The van der Waals surface area contributed by atoms with Gasteiger partial charge in [-0.3, -0.25) is 0 Å². The third-order valence-electron chi connectivity index (χ3n) is 2.27. The summed E-state index contributed by atoms with van der Waals surface area (Å²) >= 11 is 5.69. The predicted molar refractivity (Wildman–Crippen MR) is 53.0 cm³/mol. The minimum atomic E-state index is -0.382. The number of morpholine rings is 1. The summed E-state index contributed by atoms with van der Waals surface area (Å²) in [6.45, 7) is 2.16. The van der Waals surface area contributed by atoms with Crippen LogP contribution in [0.1, 0.15) is 11.6 Å². The molecule has 1 heterocycles. The Labute approximate surface area is 87.0 Å². The summed E-state index contributed by atoms with van der Waals surface area (Å²) < 4.78 is 18.2. The van der Waals surface area contributed by atoms with Crippen molar-refractivity contribution >= 4 is 11.6 Å². The predicted octanol–water partition coefficient (Wildman–Crippen LogP) is 2.14. The fourth-order valence-corrected chi connectivity index (χ4v) is 1.70. The number of rotatable bonds is 1. The highest BCUT2D eigenvalue weighted by Gasteiger charge is 2.15. The average Bonchev–Trinajstić information content (AvgIpc) is 2.23. The van der Waals surface area contributed by atoms with Crippen molar-refractivity contribution in [1.82, 2.24) is 5.32 Å². The Kier molecular flexibility index (Phi) is 3.01. The van der Waals surface area contributed by atoms with E-state index in [0.29, 0.717) is 6.61 Å². The van der Waals surface area contributed by atoms with E-state index in [9.17, 15) is 4.39 Å². The number of benzene rings is 1. The highest BCUT2D eigenvalue weighted by Crippen LogP contribution is 2.22. The molecule has 2 nitrogen and oxygen atoms in total. The molecule has 4 heteroatoms. The lowest BCUT2D eigenvalue weighted by atomic mass is 10.1. The van der Waals surface area contributed by atoms with E-state index in [-0.39, 0.29) is 16.9 Å². The van der Waals surface area contributed by atoms with Crippen LogP contribution in [0.15, 0.2) is 18.2 Å². The first-order valence-electron chi connectivity index (χ1n) is 4.53. The van der Waals surface area contributed by atoms with Crippen molar-refractivity contribution in [1.29, 1.82) is 0 Å². The molecular weight excluding hydrogens is 205 g/mol. The summed E-state index contributed by atoms with van der Waals surface area (Å²) in [5.41, 5.74) is 0.969. The Bertz CT molecular complexity index is 326. The fraction of sp³-hybridized carbons (Fsp3) is 0.400. The molecular formula is C10H11ClFNO. The Hall–Kier alpha value is -0.640. The zero-order chi connectivity index (χ0) is 9.97. The summed E-state index contributed by atoms with van der Waals surface area (Å²) in [5, 5.41) is 3.44. The number of halogens is 2. The van der Waals surface area contributed by atoms with E-state index in [4.69, 9.17) is 16.3 Å². The lowest BCUT2D eigenvalue weighted by molar-refractivity contribution is 0.0768. The molecule has 0 aliphatic carbocycles. The van der Waals surface area contributed by atoms with Gasteiger partial charge in [0.2, 0.25) is 0 Å². The first-order valence-corrected chi connectivity index (χ1v) is 4.91. The van der Waals surface area contributed by atoms with E-state index in [0.717, 1.165) is 18.7 Å². The van der Waals surface area contributed by atoms with Crippen LogP contribution in [0, 0.1) is 5.82 Å². The van der Waals surface area contributed by atoms with Crippen LogP contribution < -0.4 is 5.32 Å². The molecule has 0 unspecified atom stereocenters. The molecule has 1 saturated heterocycles. The van der Waals surface area contributed by atoms with Crippen LogP contribution in [0.3, 0.4) is 0 Å². The number of nitrogens with one attached hydrogen (secondary N) is 1. The van der Waals surface area contributed by atoms with Crippen molar-refractivity contribution in [2.24, 2.45) is 0 Å². The van der Waals surface area contributed by atoms with Crippen LogP contribution in [0.4, 0.5) is 4.39 Å². The molecule has 1 aliphatic heterocycles. The summed E-state index contributed by atoms with van der Waals surface area (Å²) in [5.74, 6) is -0.382. The largest absolute Gasteiger partial charge is 0.378 e. The fourth-order valence-electron chi connectivity index (χ4n) is 1.51. The molecule has 14 heavy (non-hydrogen) atoms. The topological polar surface area (TPSA) is 21.3 Å². The maximum atomic E-state index is 12.9. The van der Waals surface area contributed by atoms with Gasteiger partial charge in [-0.1, -0.05) is 17.7 Å². The maximum Gasteiger partial charge on any atom is 0.141 e. The van der Waals surface area contributed by atoms with Gasteiger partial charge >= 0.3 is 0 Å². The standard InChI is InChI=1S/C10H11ClFNO/c11-8-5-7(1-2-9(8)12)10-6-14-4-3-13-10/h1-2,5,10,13H,3-4,6H2/t10-/m0/s1. The Morgan fingerprint density at radius 3 is 3.00 bits per heavy atom. The third-order valence-corrected chi connectivity index (χ3v) is 2.56. The van der Waals surface area contributed by atoms with Crippen LogP contribution in [-0.2, 0) is 4.74 Å². The lowest BCUT2D eigenvalue weighted by Gasteiger charge is -2.24. The zero-order valence-corrected chi connectivity index (χ0v) is 8.35. The van der Waals surface area contributed by atoms with Crippen molar-refractivity contribution < 1.29 is 9.13 Å². The van der Waals surface area contributed by atoms with Crippen LogP contribution in [0.25, 0.3) is 0 Å². The molecule has 0 amide bonds. The second-order valence-corrected chi connectivity index (χ2v) is 3.66. The van der Waals surface area contributed by atoms with E-state index >= 15 is 0 Å². The van der Waals surface area contributed by atoms with Gasteiger partial charge in [0.15, 0.2) is 0 Å². The molecule has 0 radical (unpaired) electrons. The molecule has 1 fully saturated rings. The first kappa shape index (κ1) is 9.90. The summed E-state index contributed by atoms with van der Waals surface area (Å²) in [6.07, 6.45) is 0. The van der Waals surface area contributed by atoms with E-state index < -0.39 is 0 Å². The number of hydrogen-bond donors (Lipinski definition) is 1. The van der Waals surface area contributed by atoms with Gasteiger partial charge in [-0.25, -0.2) is 4.39 Å². The minimum Gasteiger partial charge on any atom is -0.378 e. The van der Waals surface area contributed by atoms with Gasteiger partial charge < -0.3 is 10.1 Å². The van der Waals surface area contributed by atoms with Crippen LogP contribution in [0.5, 0.6) is 0 Å². The second kappa shape index (κ2) is 4.26. The lowest BCUT2D eigenvalue weighted by Crippen LogP contribution is -2.34. The molecule has 1 N–H and O–H groups in total. The zero-order valence-electron chi connectivity index (χ0n) is 7.59. The Balaban J connectivity index is 2.18. The molecule has 1 atom stereocenters. The third kappa shape index (κ3) is 2.05. The molecule has 1 aliphatic rings.